The topological polar surface area (TPSA) is 21.3 Å². The molecule has 3 heteroatoms. The van der Waals surface area contributed by atoms with Crippen molar-refractivity contribution in [2.75, 3.05) is 13.7 Å². The van der Waals surface area contributed by atoms with E-state index in [1.165, 1.54) is 16.0 Å². The summed E-state index contributed by atoms with van der Waals surface area (Å²) in [6.07, 6.45) is 2.25. The molecule has 0 radical (unpaired) electrons. The first-order valence-corrected chi connectivity index (χ1v) is 8.10. The SMILES string of the molecule is CNC(CC1CCOc2ccccc21)c1sccc1C. The Balaban J connectivity index is 1.82. The molecule has 0 fully saturated rings. The molecule has 20 heavy (non-hydrogen) atoms. The molecule has 2 nitrogen and oxygen atoms in total. The molecule has 2 unspecified atom stereocenters. The van der Waals surface area contributed by atoms with E-state index >= 15 is 0 Å². The van der Waals surface area contributed by atoms with Gasteiger partial charge >= 0.3 is 0 Å². The Morgan fingerprint density at radius 2 is 2.20 bits per heavy atom. The highest BCUT2D eigenvalue weighted by Gasteiger charge is 2.25. The maximum Gasteiger partial charge on any atom is 0.122 e. The lowest BCUT2D eigenvalue weighted by Gasteiger charge is -2.29. The van der Waals surface area contributed by atoms with Gasteiger partial charge in [0.2, 0.25) is 0 Å². The van der Waals surface area contributed by atoms with Gasteiger partial charge in [0.05, 0.1) is 6.61 Å². The molecular weight excluding hydrogens is 266 g/mol. The van der Waals surface area contributed by atoms with Gasteiger partial charge in [0, 0.05) is 10.9 Å². The number of ether oxygens (including phenoxy) is 1. The number of fused-ring (bicyclic) bond motifs is 1. The number of para-hydroxylation sites is 1. The van der Waals surface area contributed by atoms with E-state index in [-0.39, 0.29) is 0 Å². The zero-order valence-corrected chi connectivity index (χ0v) is 12.9. The molecule has 3 rings (SSSR count). The Morgan fingerprint density at radius 1 is 1.35 bits per heavy atom. The summed E-state index contributed by atoms with van der Waals surface area (Å²) >= 11 is 1.86. The van der Waals surface area contributed by atoms with Crippen LogP contribution in [0.4, 0.5) is 0 Å². The summed E-state index contributed by atoms with van der Waals surface area (Å²) in [5.41, 5.74) is 2.77. The van der Waals surface area contributed by atoms with Gasteiger partial charge in [-0.1, -0.05) is 18.2 Å². The highest BCUT2D eigenvalue weighted by molar-refractivity contribution is 7.10. The van der Waals surface area contributed by atoms with Crippen LogP contribution in [-0.2, 0) is 0 Å². The van der Waals surface area contributed by atoms with Crippen LogP contribution in [0.25, 0.3) is 0 Å². The summed E-state index contributed by atoms with van der Waals surface area (Å²) < 4.78 is 5.77. The molecule has 0 saturated heterocycles. The summed E-state index contributed by atoms with van der Waals surface area (Å²) in [7, 11) is 2.06. The Morgan fingerprint density at radius 3 is 2.95 bits per heavy atom. The van der Waals surface area contributed by atoms with Gasteiger partial charge in [-0.05, 0) is 61.4 Å². The van der Waals surface area contributed by atoms with Crippen molar-refractivity contribution in [3.8, 4) is 5.75 Å². The van der Waals surface area contributed by atoms with E-state index in [1.54, 1.807) is 0 Å². The van der Waals surface area contributed by atoms with Crippen LogP contribution < -0.4 is 10.1 Å². The number of aryl methyl sites for hydroxylation is 1. The van der Waals surface area contributed by atoms with Gasteiger partial charge in [0.25, 0.3) is 0 Å². The van der Waals surface area contributed by atoms with Crippen molar-refractivity contribution in [1.82, 2.24) is 5.32 Å². The highest BCUT2D eigenvalue weighted by Crippen LogP contribution is 2.40. The smallest absolute Gasteiger partial charge is 0.122 e. The second kappa shape index (κ2) is 5.98. The van der Waals surface area contributed by atoms with E-state index in [0.717, 1.165) is 25.2 Å². The molecule has 2 aromatic rings. The van der Waals surface area contributed by atoms with E-state index < -0.39 is 0 Å². The fourth-order valence-electron chi connectivity index (χ4n) is 3.04. The summed E-state index contributed by atoms with van der Waals surface area (Å²) in [5.74, 6) is 1.65. The first kappa shape index (κ1) is 13.7. The van der Waals surface area contributed by atoms with Crippen LogP contribution in [-0.4, -0.2) is 13.7 Å². The predicted octanol–water partition coefficient (Wildman–Crippen LogP) is 4.27. The maximum absolute atomic E-state index is 5.77. The summed E-state index contributed by atoms with van der Waals surface area (Å²) in [5, 5.41) is 5.68. The molecule has 0 saturated carbocycles. The molecule has 1 aromatic carbocycles. The molecule has 1 N–H and O–H groups in total. The van der Waals surface area contributed by atoms with Gasteiger partial charge in [-0.15, -0.1) is 11.3 Å². The molecule has 1 aromatic heterocycles. The molecule has 2 heterocycles. The molecule has 0 bridgehead atoms. The minimum atomic E-state index is 0.436. The minimum absolute atomic E-state index is 0.436. The second-order valence-electron chi connectivity index (χ2n) is 5.42. The predicted molar refractivity (Wildman–Crippen MR) is 84.8 cm³/mol. The van der Waals surface area contributed by atoms with Crippen LogP contribution >= 0.6 is 11.3 Å². The first-order chi connectivity index (χ1) is 9.79. The van der Waals surface area contributed by atoms with Gasteiger partial charge in [-0.25, -0.2) is 0 Å². The fraction of sp³-hybridized carbons (Fsp3) is 0.412. The molecule has 0 aliphatic carbocycles. The molecule has 0 amide bonds. The molecule has 0 spiro atoms. The number of benzene rings is 1. The van der Waals surface area contributed by atoms with Crippen LogP contribution in [0, 0.1) is 6.92 Å². The molecule has 1 aliphatic heterocycles. The average Bonchev–Trinajstić information content (AvgIpc) is 2.91. The van der Waals surface area contributed by atoms with Crippen molar-refractivity contribution >= 4 is 11.3 Å². The highest BCUT2D eigenvalue weighted by atomic mass is 32.1. The number of hydrogen-bond acceptors (Lipinski definition) is 3. The Kier molecular flexibility index (Phi) is 4.08. The fourth-order valence-corrected chi connectivity index (χ4v) is 4.09. The van der Waals surface area contributed by atoms with Crippen molar-refractivity contribution in [2.24, 2.45) is 0 Å². The zero-order valence-electron chi connectivity index (χ0n) is 12.1. The lowest BCUT2D eigenvalue weighted by molar-refractivity contribution is 0.256. The Labute approximate surface area is 124 Å². The number of nitrogens with one attached hydrogen (secondary N) is 1. The minimum Gasteiger partial charge on any atom is -0.493 e. The van der Waals surface area contributed by atoms with Crippen molar-refractivity contribution in [1.29, 1.82) is 0 Å². The maximum atomic E-state index is 5.77. The third-order valence-electron chi connectivity index (χ3n) is 4.17. The molecule has 1 aliphatic rings. The van der Waals surface area contributed by atoms with E-state index in [0.29, 0.717) is 12.0 Å². The largest absolute Gasteiger partial charge is 0.493 e. The summed E-state index contributed by atoms with van der Waals surface area (Å²) in [6.45, 7) is 3.04. The van der Waals surface area contributed by atoms with E-state index in [2.05, 4.69) is 55.0 Å². The summed E-state index contributed by atoms with van der Waals surface area (Å²) in [6, 6.07) is 11.1. The molecule has 106 valence electrons. The number of thiophene rings is 1. The Bertz CT molecular complexity index is 578. The van der Waals surface area contributed by atoms with Crippen LogP contribution in [0.1, 0.15) is 40.8 Å². The standard InChI is InChI=1S/C17H21NOS/c1-12-8-10-20-17(12)15(18-2)11-13-7-9-19-16-6-4-3-5-14(13)16/h3-6,8,10,13,15,18H,7,9,11H2,1-2H3. The van der Waals surface area contributed by atoms with Gasteiger partial charge < -0.3 is 10.1 Å². The summed E-state index contributed by atoms with van der Waals surface area (Å²) in [4.78, 5) is 1.47. The van der Waals surface area contributed by atoms with Crippen molar-refractivity contribution in [2.45, 2.75) is 31.7 Å². The third kappa shape index (κ3) is 2.60. The third-order valence-corrected chi connectivity index (χ3v) is 5.30. The van der Waals surface area contributed by atoms with E-state index in [4.69, 9.17) is 4.74 Å². The second-order valence-corrected chi connectivity index (χ2v) is 6.36. The van der Waals surface area contributed by atoms with Crippen LogP contribution in [0.2, 0.25) is 0 Å². The van der Waals surface area contributed by atoms with Crippen LogP contribution in [0.15, 0.2) is 35.7 Å². The van der Waals surface area contributed by atoms with Crippen molar-refractivity contribution in [3.63, 3.8) is 0 Å². The van der Waals surface area contributed by atoms with Gasteiger partial charge in [0.1, 0.15) is 5.75 Å². The first-order valence-electron chi connectivity index (χ1n) is 7.22. The van der Waals surface area contributed by atoms with E-state index in [1.807, 2.05) is 11.3 Å². The average molecular weight is 287 g/mol. The van der Waals surface area contributed by atoms with Crippen LogP contribution in [0.5, 0.6) is 5.75 Å². The van der Waals surface area contributed by atoms with Gasteiger partial charge in [-0.2, -0.15) is 0 Å². The van der Waals surface area contributed by atoms with Gasteiger partial charge in [-0.3, -0.25) is 0 Å². The Hall–Kier alpha value is -1.32. The lowest BCUT2D eigenvalue weighted by Crippen LogP contribution is -2.22. The normalized spacial score (nSPS) is 19.2. The van der Waals surface area contributed by atoms with E-state index in [9.17, 15) is 0 Å². The quantitative estimate of drug-likeness (QED) is 0.906. The van der Waals surface area contributed by atoms with Crippen molar-refractivity contribution < 1.29 is 4.74 Å². The van der Waals surface area contributed by atoms with Crippen LogP contribution in [0.3, 0.4) is 0 Å². The molecular formula is C17H21NOS. The number of rotatable bonds is 4. The van der Waals surface area contributed by atoms with Gasteiger partial charge in [0.15, 0.2) is 0 Å². The lowest BCUT2D eigenvalue weighted by atomic mass is 9.87. The molecule has 2 atom stereocenters. The monoisotopic (exact) mass is 287 g/mol. The van der Waals surface area contributed by atoms with Crippen molar-refractivity contribution in [3.05, 3.63) is 51.7 Å². The zero-order chi connectivity index (χ0) is 13.9. The number of hydrogen-bond donors (Lipinski definition) is 1.